The minimum absolute atomic E-state index is 0.0580. The Morgan fingerprint density at radius 2 is 1.86 bits per heavy atom. The Balaban J connectivity index is 0. The van der Waals surface area contributed by atoms with Gasteiger partial charge in [-0.1, -0.05) is 48.5 Å². The molecule has 1 N–H and O–H groups in total. The predicted octanol–water partition coefficient (Wildman–Crippen LogP) is 3.38. The van der Waals surface area contributed by atoms with Crippen LogP contribution in [-0.4, -0.2) is 24.2 Å². The molecule has 1 unspecified atom stereocenters. The number of carbonyl (C=O) groups is 2. The average molecular weight is 332 g/mol. The highest BCUT2D eigenvalue weighted by atomic mass is 35.5. The molecule has 0 aromatic rings. The molecule has 21 heavy (non-hydrogen) atoms. The first-order chi connectivity index (χ1) is 9.67. The number of aliphatic carboxylic acids is 1. The number of carboxylic acids is 1. The maximum Gasteiger partial charge on any atom is 0.334 e. The highest BCUT2D eigenvalue weighted by Gasteiger charge is 2.16. The largest absolute Gasteiger partial charge is 0.478 e. The fraction of sp³-hybridized carbons (Fsp3) is 0.214. The Morgan fingerprint density at radius 3 is 2.19 bits per heavy atom. The van der Waals surface area contributed by atoms with Gasteiger partial charge in [0.1, 0.15) is 0 Å². The van der Waals surface area contributed by atoms with E-state index in [1.807, 2.05) is 0 Å². The van der Waals surface area contributed by atoms with Crippen molar-refractivity contribution in [1.82, 2.24) is 0 Å². The summed E-state index contributed by atoms with van der Waals surface area (Å²) in [4.78, 5) is 21.9. The molecule has 0 spiro atoms. The SMILES string of the molecule is C=C(C(=O)OC)C(C=CC#N)C=C(C)C(=O)O.C=C(Cl)Cl. The number of hydrogen-bond donors (Lipinski definition) is 1. The summed E-state index contributed by atoms with van der Waals surface area (Å²) in [6, 6.07) is 1.76. The summed E-state index contributed by atoms with van der Waals surface area (Å²) >= 11 is 9.69. The highest BCUT2D eigenvalue weighted by Crippen LogP contribution is 2.16. The Kier molecular flexibility index (Phi) is 11.9. The number of esters is 1. The van der Waals surface area contributed by atoms with Gasteiger partial charge in [-0.05, 0) is 6.92 Å². The Bertz CT molecular complexity index is 512. The minimum Gasteiger partial charge on any atom is -0.478 e. The molecular weight excluding hydrogens is 317 g/mol. The molecule has 0 aromatic carbocycles. The van der Waals surface area contributed by atoms with E-state index in [0.29, 0.717) is 0 Å². The van der Waals surface area contributed by atoms with Crippen molar-refractivity contribution < 1.29 is 19.4 Å². The first-order valence-electron chi connectivity index (χ1n) is 5.42. The molecule has 0 radical (unpaired) electrons. The van der Waals surface area contributed by atoms with Gasteiger partial charge < -0.3 is 9.84 Å². The third-order valence-corrected chi connectivity index (χ3v) is 1.99. The highest BCUT2D eigenvalue weighted by molar-refractivity contribution is 6.55. The zero-order chi connectivity index (χ0) is 17.0. The van der Waals surface area contributed by atoms with Gasteiger partial charge in [0.25, 0.3) is 0 Å². The lowest BCUT2D eigenvalue weighted by atomic mass is 9.97. The van der Waals surface area contributed by atoms with Gasteiger partial charge >= 0.3 is 11.9 Å². The van der Waals surface area contributed by atoms with Crippen LogP contribution in [0.4, 0.5) is 0 Å². The molecule has 0 saturated heterocycles. The van der Waals surface area contributed by atoms with Crippen molar-refractivity contribution >= 4 is 35.1 Å². The molecule has 114 valence electrons. The summed E-state index contributed by atoms with van der Waals surface area (Å²) < 4.78 is 4.59. The first-order valence-corrected chi connectivity index (χ1v) is 6.17. The standard InChI is InChI=1S/C12H13NO4.C2H2Cl2/c1-8(11(14)15)7-10(5-4-6-13)9(2)12(16)17-3;1-2(3)4/h4-5,7,10H,2H2,1,3H3,(H,14,15);1H2. The van der Waals surface area contributed by atoms with Crippen LogP contribution >= 0.6 is 23.2 Å². The van der Waals surface area contributed by atoms with Crippen molar-refractivity contribution in [3.63, 3.8) is 0 Å². The van der Waals surface area contributed by atoms with Gasteiger partial charge in [-0.3, -0.25) is 0 Å². The third-order valence-electron chi connectivity index (χ3n) is 1.99. The second kappa shape index (κ2) is 11.8. The number of carbonyl (C=O) groups excluding carboxylic acids is 1. The van der Waals surface area contributed by atoms with E-state index in [1.54, 1.807) is 6.07 Å². The number of nitrogens with zero attached hydrogens (tertiary/aromatic N) is 1. The molecule has 0 aliphatic heterocycles. The van der Waals surface area contributed by atoms with Crippen molar-refractivity contribution in [2.75, 3.05) is 7.11 Å². The molecule has 0 bridgehead atoms. The lowest BCUT2D eigenvalue weighted by Crippen LogP contribution is -2.12. The Hall–Kier alpha value is -2.03. The summed E-state index contributed by atoms with van der Waals surface area (Å²) in [5.74, 6) is -2.41. The summed E-state index contributed by atoms with van der Waals surface area (Å²) in [5, 5.41) is 17.1. The molecule has 0 aromatic heterocycles. The number of halogens is 2. The Labute approximate surface area is 133 Å². The molecule has 0 rings (SSSR count). The number of nitriles is 1. The van der Waals surface area contributed by atoms with Crippen LogP contribution < -0.4 is 0 Å². The molecule has 5 nitrogen and oxygen atoms in total. The van der Waals surface area contributed by atoms with Crippen LogP contribution in [0.2, 0.25) is 0 Å². The molecule has 1 atom stereocenters. The second-order valence-corrected chi connectivity index (χ2v) is 4.63. The van der Waals surface area contributed by atoms with Gasteiger partial charge in [0, 0.05) is 23.1 Å². The van der Waals surface area contributed by atoms with Crippen LogP contribution in [0.15, 0.2) is 47.0 Å². The van der Waals surface area contributed by atoms with E-state index in [-0.39, 0.29) is 15.6 Å². The second-order valence-electron chi connectivity index (χ2n) is 3.52. The number of ether oxygens (including phenoxy) is 1. The van der Waals surface area contributed by atoms with Gasteiger partial charge in [0.2, 0.25) is 0 Å². The topological polar surface area (TPSA) is 87.4 Å². The molecule has 0 fully saturated rings. The molecular formula is C14H15Cl2NO4. The summed E-state index contributed by atoms with van der Waals surface area (Å²) in [6.45, 7) is 7.99. The Morgan fingerprint density at radius 1 is 1.38 bits per heavy atom. The van der Waals surface area contributed by atoms with E-state index in [1.165, 1.54) is 26.2 Å². The van der Waals surface area contributed by atoms with Crippen molar-refractivity contribution in [2.24, 2.45) is 5.92 Å². The fourth-order valence-electron chi connectivity index (χ4n) is 1.03. The van der Waals surface area contributed by atoms with Crippen LogP contribution in [0.3, 0.4) is 0 Å². The van der Waals surface area contributed by atoms with Crippen molar-refractivity contribution in [3.05, 3.63) is 47.0 Å². The van der Waals surface area contributed by atoms with Crippen molar-refractivity contribution in [1.29, 1.82) is 5.26 Å². The maximum absolute atomic E-state index is 11.3. The van der Waals surface area contributed by atoms with Gasteiger partial charge in [-0.15, -0.1) is 0 Å². The van der Waals surface area contributed by atoms with E-state index in [4.69, 9.17) is 33.6 Å². The van der Waals surface area contributed by atoms with Gasteiger partial charge in [0.05, 0.1) is 17.7 Å². The quantitative estimate of drug-likeness (QED) is 0.474. The summed E-state index contributed by atoms with van der Waals surface area (Å²) in [5.41, 5.74) is 0.127. The smallest absolute Gasteiger partial charge is 0.334 e. The van der Waals surface area contributed by atoms with Gasteiger partial charge in [0.15, 0.2) is 0 Å². The van der Waals surface area contributed by atoms with E-state index >= 15 is 0 Å². The molecule has 0 aliphatic carbocycles. The number of hydrogen-bond acceptors (Lipinski definition) is 4. The van der Waals surface area contributed by atoms with Crippen molar-refractivity contribution in [2.45, 2.75) is 6.92 Å². The average Bonchev–Trinajstić information content (AvgIpc) is 2.40. The number of carboxylic acid groups (broad SMARTS) is 1. The van der Waals surface area contributed by atoms with Crippen LogP contribution in [-0.2, 0) is 14.3 Å². The van der Waals surface area contributed by atoms with Crippen LogP contribution in [0.25, 0.3) is 0 Å². The molecule has 0 heterocycles. The molecule has 0 amide bonds. The van der Waals surface area contributed by atoms with Crippen LogP contribution in [0.5, 0.6) is 0 Å². The lowest BCUT2D eigenvalue weighted by Gasteiger charge is -2.10. The van der Waals surface area contributed by atoms with Gasteiger partial charge in [-0.2, -0.15) is 5.26 Å². The zero-order valence-electron chi connectivity index (χ0n) is 11.6. The predicted molar refractivity (Wildman–Crippen MR) is 81.6 cm³/mol. The fourth-order valence-corrected chi connectivity index (χ4v) is 1.03. The number of allylic oxidation sites excluding steroid dienone is 3. The minimum atomic E-state index is -1.10. The normalized spacial score (nSPS) is 11.7. The summed E-state index contributed by atoms with van der Waals surface area (Å²) in [7, 11) is 1.20. The van der Waals surface area contributed by atoms with E-state index in [9.17, 15) is 9.59 Å². The molecule has 7 heteroatoms. The van der Waals surface area contributed by atoms with Crippen LogP contribution in [0, 0.1) is 17.2 Å². The maximum atomic E-state index is 11.3. The third kappa shape index (κ3) is 11.5. The van der Waals surface area contributed by atoms with E-state index < -0.39 is 17.9 Å². The van der Waals surface area contributed by atoms with Crippen LogP contribution in [0.1, 0.15) is 6.92 Å². The van der Waals surface area contributed by atoms with E-state index in [0.717, 1.165) is 6.08 Å². The number of methoxy groups -OCH3 is 1. The van der Waals surface area contributed by atoms with Crippen molar-refractivity contribution in [3.8, 4) is 6.07 Å². The van der Waals surface area contributed by atoms with Gasteiger partial charge in [-0.25, -0.2) is 9.59 Å². The lowest BCUT2D eigenvalue weighted by molar-refractivity contribution is -0.136. The molecule has 0 saturated carbocycles. The van der Waals surface area contributed by atoms with E-state index in [2.05, 4.69) is 17.9 Å². The number of rotatable bonds is 5. The molecule has 0 aliphatic rings. The monoisotopic (exact) mass is 331 g/mol. The zero-order valence-corrected chi connectivity index (χ0v) is 13.1. The first kappa shape index (κ1) is 21.3. The summed E-state index contributed by atoms with van der Waals surface area (Å²) in [6.07, 6.45) is 3.87.